The molecule has 4 nitrogen and oxygen atoms in total. The number of benzene rings is 2. The number of sulfonamides is 1. The van der Waals surface area contributed by atoms with Crippen molar-refractivity contribution in [1.82, 2.24) is 0 Å². The number of nitrogens with one attached hydrogen (secondary N) is 1. The van der Waals surface area contributed by atoms with E-state index in [1.165, 1.54) is 12.1 Å². The standard InChI is InChI=1S/C12H9Cl2IN2O2S/c13-8-2-1-3-10(16)12(8)20(18,19)17-11-5-4-7(15)6-9(11)14/h1-6,17H,16H2. The number of hydrogen-bond donors (Lipinski definition) is 2. The summed E-state index contributed by atoms with van der Waals surface area (Å²) < 4.78 is 28.0. The van der Waals surface area contributed by atoms with Crippen LogP contribution in [0.4, 0.5) is 11.4 Å². The van der Waals surface area contributed by atoms with E-state index >= 15 is 0 Å². The van der Waals surface area contributed by atoms with E-state index in [0.29, 0.717) is 5.02 Å². The van der Waals surface area contributed by atoms with Crippen LogP contribution in [0.15, 0.2) is 41.3 Å². The third kappa shape index (κ3) is 3.30. The van der Waals surface area contributed by atoms with Crippen LogP contribution < -0.4 is 10.5 Å². The molecule has 0 aromatic heterocycles. The third-order valence-corrected chi connectivity index (χ3v) is 5.33. The number of hydrogen-bond acceptors (Lipinski definition) is 3. The minimum absolute atomic E-state index is 0.0548. The molecule has 106 valence electrons. The Kier molecular flexibility index (Phi) is 4.68. The summed E-state index contributed by atoms with van der Waals surface area (Å²) in [6.45, 7) is 0. The molecule has 20 heavy (non-hydrogen) atoms. The van der Waals surface area contributed by atoms with Crippen molar-refractivity contribution in [2.75, 3.05) is 10.5 Å². The van der Waals surface area contributed by atoms with Crippen molar-refractivity contribution in [3.05, 3.63) is 50.0 Å². The Balaban J connectivity index is 2.46. The molecular formula is C12H9Cl2IN2O2S. The Labute approximate surface area is 140 Å². The molecule has 3 N–H and O–H groups in total. The highest BCUT2D eigenvalue weighted by Gasteiger charge is 2.22. The van der Waals surface area contributed by atoms with Gasteiger partial charge in [0.05, 0.1) is 21.4 Å². The van der Waals surface area contributed by atoms with Gasteiger partial charge in [0.25, 0.3) is 10.0 Å². The van der Waals surface area contributed by atoms with Crippen LogP contribution in [0.2, 0.25) is 10.0 Å². The summed E-state index contributed by atoms with van der Waals surface area (Å²) in [5, 5.41) is 0.352. The lowest BCUT2D eigenvalue weighted by Gasteiger charge is -2.12. The van der Waals surface area contributed by atoms with Crippen LogP contribution in [-0.2, 0) is 10.0 Å². The van der Waals surface area contributed by atoms with E-state index in [1.807, 2.05) is 0 Å². The lowest BCUT2D eigenvalue weighted by atomic mass is 10.3. The SMILES string of the molecule is Nc1cccc(Cl)c1S(=O)(=O)Nc1ccc(I)cc1Cl. The van der Waals surface area contributed by atoms with Gasteiger partial charge < -0.3 is 5.73 Å². The number of nitrogen functional groups attached to an aromatic ring is 1. The maximum Gasteiger partial charge on any atom is 0.265 e. The van der Waals surface area contributed by atoms with E-state index < -0.39 is 10.0 Å². The van der Waals surface area contributed by atoms with E-state index in [1.54, 1.807) is 24.3 Å². The Morgan fingerprint density at radius 1 is 1.10 bits per heavy atom. The number of halogens is 3. The van der Waals surface area contributed by atoms with Gasteiger partial charge in [0.1, 0.15) is 4.90 Å². The Bertz CT molecular complexity index is 746. The molecule has 0 atom stereocenters. The second-order valence-electron chi connectivity index (χ2n) is 3.89. The zero-order valence-electron chi connectivity index (χ0n) is 9.90. The zero-order chi connectivity index (χ0) is 14.9. The molecule has 0 amide bonds. The highest BCUT2D eigenvalue weighted by molar-refractivity contribution is 14.1. The molecule has 2 rings (SSSR count). The predicted molar refractivity (Wildman–Crippen MR) is 90.8 cm³/mol. The fourth-order valence-electron chi connectivity index (χ4n) is 1.58. The normalized spacial score (nSPS) is 11.3. The van der Waals surface area contributed by atoms with Gasteiger partial charge in [-0.3, -0.25) is 4.72 Å². The van der Waals surface area contributed by atoms with Crippen molar-refractivity contribution in [3.63, 3.8) is 0 Å². The molecule has 0 saturated carbocycles. The smallest absolute Gasteiger partial charge is 0.265 e. The maximum absolute atomic E-state index is 12.3. The molecule has 2 aromatic carbocycles. The summed E-state index contributed by atoms with van der Waals surface area (Å²) in [5.41, 5.74) is 6.03. The van der Waals surface area contributed by atoms with Crippen LogP contribution in [0.25, 0.3) is 0 Å². The van der Waals surface area contributed by atoms with Crippen molar-refractivity contribution in [1.29, 1.82) is 0 Å². The topological polar surface area (TPSA) is 72.2 Å². The minimum atomic E-state index is -3.90. The molecule has 0 heterocycles. The van der Waals surface area contributed by atoms with Crippen LogP contribution >= 0.6 is 45.8 Å². The lowest BCUT2D eigenvalue weighted by molar-refractivity contribution is 0.601. The summed E-state index contributed by atoms with van der Waals surface area (Å²) in [6.07, 6.45) is 0. The van der Waals surface area contributed by atoms with Gasteiger partial charge >= 0.3 is 0 Å². The largest absolute Gasteiger partial charge is 0.398 e. The Morgan fingerprint density at radius 2 is 1.80 bits per heavy atom. The third-order valence-electron chi connectivity index (χ3n) is 2.44. The molecule has 0 radical (unpaired) electrons. The molecule has 8 heteroatoms. The first-order chi connectivity index (χ1) is 9.31. The van der Waals surface area contributed by atoms with Gasteiger partial charge in [-0.25, -0.2) is 8.42 Å². The molecule has 0 aliphatic heterocycles. The summed E-state index contributed by atoms with van der Waals surface area (Å²) >= 11 is 14.0. The Morgan fingerprint density at radius 3 is 2.40 bits per heavy atom. The molecule has 0 spiro atoms. The molecule has 0 aliphatic rings. The molecule has 0 unspecified atom stereocenters. The van der Waals surface area contributed by atoms with Crippen LogP contribution in [-0.4, -0.2) is 8.42 Å². The second kappa shape index (κ2) is 5.97. The van der Waals surface area contributed by atoms with Crippen molar-refractivity contribution >= 4 is 67.2 Å². The van der Waals surface area contributed by atoms with Gasteiger partial charge in [0.2, 0.25) is 0 Å². The molecular weight excluding hydrogens is 434 g/mol. The first-order valence-corrected chi connectivity index (χ1v) is 8.65. The number of rotatable bonds is 3. The highest BCUT2D eigenvalue weighted by atomic mass is 127. The van der Waals surface area contributed by atoms with Crippen LogP contribution in [0, 0.1) is 3.57 Å². The van der Waals surface area contributed by atoms with E-state index in [0.717, 1.165) is 3.57 Å². The van der Waals surface area contributed by atoms with Gasteiger partial charge in [-0.2, -0.15) is 0 Å². The van der Waals surface area contributed by atoms with E-state index in [-0.39, 0.29) is 21.3 Å². The van der Waals surface area contributed by atoms with Gasteiger partial charge in [-0.15, -0.1) is 0 Å². The van der Waals surface area contributed by atoms with Crippen LogP contribution in [0.5, 0.6) is 0 Å². The maximum atomic E-state index is 12.3. The average Bonchev–Trinajstić information content (AvgIpc) is 2.32. The van der Waals surface area contributed by atoms with Crippen molar-refractivity contribution in [3.8, 4) is 0 Å². The summed E-state index contributed by atoms with van der Waals surface area (Å²) in [7, 11) is -3.90. The first kappa shape index (κ1) is 15.7. The fraction of sp³-hybridized carbons (Fsp3) is 0. The number of anilines is 2. The quantitative estimate of drug-likeness (QED) is 0.557. The van der Waals surface area contributed by atoms with Gasteiger partial charge in [-0.05, 0) is 52.9 Å². The fourth-order valence-corrected chi connectivity index (χ4v) is 4.30. The van der Waals surface area contributed by atoms with E-state index in [2.05, 4.69) is 27.3 Å². The summed E-state index contributed by atoms with van der Waals surface area (Å²) in [5.74, 6) is 0. The Hall–Kier alpha value is -0.700. The monoisotopic (exact) mass is 442 g/mol. The van der Waals surface area contributed by atoms with Gasteiger partial charge in [0.15, 0.2) is 0 Å². The molecule has 0 fully saturated rings. The minimum Gasteiger partial charge on any atom is -0.398 e. The molecule has 0 bridgehead atoms. The van der Waals surface area contributed by atoms with Crippen molar-refractivity contribution in [2.24, 2.45) is 0 Å². The van der Waals surface area contributed by atoms with E-state index in [9.17, 15) is 8.42 Å². The van der Waals surface area contributed by atoms with Gasteiger partial charge in [0, 0.05) is 3.57 Å². The summed E-state index contributed by atoms with van der Waals surface area (Å²) in [6, 6.07) is 9.47. The van der Waals surface area contributed by atoms with Crippen molar-refractivity contribution < 1.29 is 8.42 Å². The average molecular weight is 443 g/mol. The summed E-state index contributed by atoms with van der Waals surface area (Å²) in [4.78, 5) is -0.156. The molecule has 0 aliphatic carbocycles. The van der Waals surface area contributed by atoms with Crippen LogP contribution in [0.3, 0.4) is 0 Å². The van der Waals surface area contributed by atoms with E-state index in [4.69, 9.17) is 28.9 Å². The second-order valence-corrected chi connectivity index (χ2v) is 7.57. The highest BCUT2D eigenvalue weighted by Crippen LogP contribution is 2.31. The van der Waals surface area contributed by atoms with Gasteiger partial charge in [-0.1, -0.05) is 29.3 Å². The lowest BCUT2D eigenvalue weighted by Crippen LogP contribution is -2.15. The predicted octanol–water partition coefficient (Wildman–Crippen LogP) is 3.98. The van der Waals surface area contributed by atoms with Crippen molar-refractivity contribution in [2.45, 2.75) is 4.90 Å². The first-order valence-electron chi connectivity index (χ1n) is 5.33. The molecule has 0 saturated heterocycles. The zero-order valence-corrected chi connectivity index (χ0v) is 14.4. The van der Waals surface area contributed by atoms with Crippen LogP contribution in [0.1, 0.15) is 0 Å². The molecule has 2 aromatic rings. The number of nitrogens with two attached hydrogens (primary N) is 1.